The number of rotatable bonds is 15. The number of esters is 1. The van der Waals surface area contributed by atoms with E-state index in [0.717, 1.165) is 24.6 Å². The molecule has 4 fully saturated rings. The fraction of sp³-hybridized carbons (Fsp3) is 0.641. The molecule has 0 aliphatic carbocycles. The Labute approximate surface area is 524 Å². The Morgan fingerprint density at radius 1 is 0.779 bits per heavy atom. The van der Waals surface area contributed by atoms with E-state index in [4.69, 9.17) is 33.2 Å². The van der Waals surface area contributed by atoms with Gasteiger partial charge in [-0.15, -0.1) is 0 Å². The number of ether oxygens (including phenoxy) is 7. The third-order valence-electron chi connectivity index (χ3n) is 19.5. The second-order valence-corrected chi connectivity index (χ2v) is 25.1. The smallest absolute Gasteiger partial charge is 0.550 e. The molecule has 6 heterocycles. The number of hydrogen-bond donors (Lipinski definition) is 10. The van der Waals surface area contributed by atoms with Crippen LogP contribution in [-0.2, 0) is 44.4 Å². The van der Waals surface area contributed by atoms with E-state index in [2.05, 4.69) is 20.8 Å². The summed E-state index contributed by atoms with van der Waals surface area (Å²) in [6.07, 6.45) is 3.10. The van der Waals surface area contributed by atoms with Crippen molar-refractivity contribution in [3.8, 4) is 46.0 Å². The molecule has 0 aromatic heterocycles. The van der Waals surface area contributed by atoms with Gasteiger partial charge in [-0.1, -0.05) is 61.5 Å². The van der Waals surface area contributed by atoms with Crippen LogP contribution in [0.4, 0.5) is 0 Å². The van der Waals surface area contributed by atoms with Gasteiger partial charge in [-0.05, 0) is 120 Å². The molecule has 20 unspecified atom stereocenters. The first-order chi connectivity index (χ1) is 39.9. The third-order valence-corrected chi connectivity index (χ3v) is 19.5. The molecule has 86 heavy (non-hydrogen) atoms. The molecule has 470 valence electrons. The van der Waals surface area contributed by atoms with E-state index in [1.165, 1.54) is 24.3 Å². The number of aliphatic hydroxyl groups excluding tert-OH is 2. The van der Waals surface area contributed by atoms with Gasteiger partial charge in [0.25, 0.3) is 0 Å². The molecule has 22 heteroatoms. The fourth-order valence-corrected chi connectivity index (χ4v) is 14.0. The number of carbonyl (C=O) groups excluding carboxylic acids is 3. The van der Waals surface area contributed by atoms with Crippen molar-refractivity contribution in [3.05, 3.63) is 71.3 Å². The molecular weight excluding hydrogens is 1130 g/mol. The number of aliphatic hydroxyl groups is 3. The van der Waals surface area contributed by atoms with E-state index in [9.17, 15) is 70.6 Å². The molecule has 0 saturated carbocycles. The van der Waals surface area contributed by atoms with Crippen molar-refractivity contribution in [2.75, 3.05) is 0 Å². The Kier molecular flexibility index (Phi) is 21.6. The van der Waals surface area contributed by atoms with Crippen LogP contribution in [0.1, 0.15) is 161 Å². The van der Waals surface area contributed by atoms with Gasteiger partial charge in [0.15, 0.2) is 40.6 Å². The summed E-state index contributed by atoms with van der Waals surface area (Å²) in [5.41, 5.74) is -1.31. The zero-order valence-electron chi connectivity index (χ0n) is 51.2. The number of phenols is 7. The summed E-state index contributed by atoms with van der Waals surface area (Å²) in [4.78, 5) is 38.9. The van der Waals surface area contributed by atoms with E-state index in [0.29, 0.717) is 63.4 Å². The van der Waals surface area contributed by atoms with Crippen molar-refractivity contribution < 1.29 is 133 Å². The summed E-state index contributed by atoms with van der Waals surface area (Å²) < 4.78 is 44.8. The van der Waals surface area contributed by atoms with Crippen LogP contribution in [0.25, 0.3) is 0 Å². The van der Waals surface area contributed by atoms with Gasteiger partial charge < -0.3 is 94.1 Å². The average Bonchev–Trinajstić information content (AvgIpc) is 1.48. The van der Waals surface area contributed by atoms with E-state index in [-0.39, 0.29) is 106 Å². The van der Waals surface area contributed by atoms with Crippen molar-refractivity contribution in [2.45, 2.75) is 218 Å². The van der Waals surface area contributed by atoms with Crippen LogP contribution >= 0.6 is 0 Å². The molecule has 0 bridgehead atoms. The number of phenolic OH excluding ortho intramolecular Hbond substituents is 7. The largest absolute Gasteiger partial charge is 1.00 e. The molecule has 20 atom stereocenters. The summed E-state index contributed by atoms with van der Waals surface area (Å²) in [6.45, 7) is 19.5. The second kappa shape index (κ2) is 27.1. The number of fused-ring (bicyclic) bond motifs is 1. The van der Waals surface area contributed by atoms with Crippen LogP contribution in [0, 0.1) is 41.4 Å². The summed E-state index contributed by atoms with van der Waals surface area (Å²) in [5, 5.41) is 114. The summed E-state index contributed by atoms with van der Waals surface area (Å²) >= 11 is 0. The van der Waals surface area contributed by atoms with Crippen LogP contribution < -0.4 is 39.4 Å². The molecule has 10 N–H and O–H groups in total. The standard InChI is InChI=1S/C42H70O11.C22H18O10.Na/c1-11-29(38(46)47)31-15-14-23(4)36(50-31)27(8)34(44)26(7)35(45)30(12-2)37-24(5)22-25(6)41(51-37)19-16-32(43)42(53-41)21-20-39(10,52-42)33-17-18-40(48,13-3)28(9)49-33;23-11-6-14(25)12-8-19(32-22(30)10-4-16(27)20(29)17(28)5-10)21(31-18(12)7-11)9-1-2-13(24)15(26)3-9;/h16,19,23-34,36-37,43-44,48H,11-15,17-18,20-22H2,1-10H3,(H,46,47);1-7,19,21,23-29H,8H2;/q;;+1/p-1. The van der Waals surface area contributed by atoms with Crippen molar-refractivity contribution in [1.29, 1.82) is 0 Å². The van der Waals surface area contributed by atoms with Gasteiger partial charge in [0, 0.05) is 71.7 Å². The number of hydrogen-bond acceptors (Lipinski definition) is 21. The minimum atomic E-state index is -1.37. The Bertz CT molecular complexity index is 2920. The number of Topliss-reactive ketones (excluding diaryl/α,β-unsaturated/α-hetero) is 1. The number of carboxylic acid groups (broad SMARTS) is 1. The van der Waals surface area contributed by atoms with Gasteiger partial charge in [-0.3, -0.25) is 4.79 Å². The van der Waals surface area contributed by atoms with E-state index in [1.54, 1.807) is 19.1 Å². The first-order valence-corrected chi connectivity index (χ1v) is 30.0. The monoisotopic (exact) mass is 1210 g/mol. The minimum Gasteiger partial charge on any atom is -0.550 e. The maximum atomic E-state index is 14.4. The molecule has 6 aliphatic heterocycles. The number of ketones is 1. The van der Waals surface area contributed by atoms with Gasteiger partial charge in [0.05, 0.1) is 53.4 Å². The Morgan fingerprint density at radius 2 is 1.45 bits per heavy atom. The number of aliphatic carboxylic acids is 1. The molecule has 21 nitrogen and oxygen atoms in total. The van der Waals surface area contributed by atoms with Crippen molar-refractivity contribution in [1.82, 2.24) is 0 Å². The fourth-order valence-electron chi connectivity index (χ4n) is 14.0. The van der Waals surface area contributed by atoms with Crippen molar-refractivity contribution >= 4 is 17.7 Å². The number of aromatic hydroxyl groups is 7. The quantitative estimate of drug-likeness (QED) is 0.0437. The van der Waals surface area contributed by atoms with E-state index in [1.807, 2.05) is 41.5 Å². The van der Waals surface area contributed by atoms with Crippen molar-refractivity contribution in [3.63, 3.8) is 0 Å². The molecule has 0 amide bonds. The molecular formula is C64H87NaO21. The second-order valence-electron chi connectivity index (χ2n) is 25.1. The van der Waals surface area contributed by atoms with Gasteiger partial charge in [-0.25, -0.2) is 4.79 Å². The maximum absolute atomic E-state index is 14.4. The first-order valence-electron chi connectivity index (χ1n) is 30.0. The van der Waals surface area contributed by atoms with Gasteiger partial charge >= 0.3 is 35.5 Å². The summed E-state index contributed by atoms with van der Waals surface area (Å²) in [5.74, 6) is -10.7. The molecule has 0 radical (unpaired) electrons. The van der Waals surface area contributed by atoms with Crippen LogP contribution in [0.5, 0.6) is 46.0 Å². The number of benzene rings is 3. The predicted molar refractivity (Wildman–Crippen MR) is 303 cm³/mol. The maximum Gasteiger partial charge on any atom is 1.00 e. The first kappa shape index (κ1) is 68.6. The van der Waals surface area contributed by atoms with Crippen LogP contribution in [0.15, 0.2) is 54.6 Å². The van der Waals surface area contributed by atoms with Crippen LogP contribution in [0.2, 0.25) is 0 Å². The van der Waals surface area contributed by atoms with E-state index >= 15 is 0 Å². The molecule has 4 saturated heterocycles. The Morgan fingerprint density at radius 3 is 2.07 bits per heavy atom. The summed E-state index contributed by atoms with van der Waals surface area (Å²) in [6, 6.07) is 8.07. The third kappa shape index (κ3) is 13.6. The SMILES string of the molecule is CCC(C(=O)[O-])C1CCC(C)C(C(C)C(O)C(C)C(=O)C(CC)C2OC3(C=CC(O)C4(CCC(C)(C5CCC(O)(CC)C(C)O5)O4)O3)C(C)CC2C)O1.O=C(OC1Cc2c(O)cc(O)cc2OC1c1ccc(O)c(O)c1)c1cc(O)c(O)c(O)c1.[Na+]. The normalized spacial score (nSPS) is 34.9. The zero-order valence-corrected chi connectivity index (χ0v) is 53.2. The number of carboxylic acids is 1. The molecule has 3 aromatic carbocycles. The summed E-state index contributed by atoms with van der Waals surface area (Å²) in [7, 11) is 0. The molecule has 3 aromatic rings. The van der Waals surface area contributed by atoms with E-state index < -0.39 is 124 Å². The molecule has 9 rings (SSSR count). The van der Waals surface area contributed by atoms with Gasteiger partial charge in [0.2, 0.25) is 5.79 Å². The van der Waals surface area contributed by atoms with Crippen LogP contribution in [-0.4, -0.2) is 140 Å². The van der Waals surface area contributed by atoms with Crippen LogP contribution in [0.3, 0.4) is 0 Å². The minimum absolute atomic E-state index is 0. The topological polar surface area (TPSA) is 341 Å². The Balaban J connectivity index is 0.000000273. The average molecular weight is 1220 g/mol. The van der Waals surface area contributed by atoms with Gasteiger partial charge in [0.1, 0.15) is 35.2 Å². The zero-order chi connectivity index (χ0) is 62.4. The predicted octanol–water partition coefficient (Wildman–Crippen LogP) is 4.38. The van der Waals surface area contributed by atoms with Gasteiger partial charge in [-0.2, -0.15) is 0 Å². The van der Waals surface area contributed by atoms with Crippen molar-refractivity contribution in [2.24, 2.45) is 41.4 Å². The number of carbonyl (C=O) groups is 3. The Hall–Kier alpha value is -4.91. The molecule has 2 spiro atoms. The molecule has 6 aliphatic rings.